The molecule has 12 heavy (non-hydrogen) atoms. The van der Waals surface area contributed by atoms with Crippen molar-refractivity contribution in [2.45, 2.75) is 45.4 Å². The molecule has 0 spiro atoms. The molecule has 1 aliphatic rings. The first kappa shape index (κ1) is 9.79. The summed E-state index contributed by atoms with van der Waals surface area (Å²) in [6, 6.07) is 0. The molecule has 0 aromatic carbocycles. The molecule has 0 aromatic heterocycles. The Morgan fingerprint density at radius 3 is 2.83 bits per heavy atom. The summed E-state index contributed by atoms with van der Waals surface area (Å²) < 4.78 is 0. The van der Waals surface area contributed by atoms with Crippen molar-refractivity contribution in [1.82, 2.24) is 0 Å². The molecule has 0 aromatic rings. The van der Waals surface area contributed by atoms with Crippen LogP contribution in [-0.4, -0.2) is 11.7 Å². The molecule has 0 fully saturated rings. The van der Waals surface area contributed by atoms with E-state index in [1.807, 2.05) is 0 Å². The van der Waals surface area contributed by atoms with E-state index in [2.05, 4.69) is 19.1 Å². The third-order valence-electron chi connectivity index (χ3n) is 2.86. The number of aliphatic hydroxyl groups excluding tert-OH is 1. The molecule has 0 heterocycles. The van der Waals surface area contributed by atoms with Gasteiger partial charge in [-0.1, -0.05) is 31.9 Å². The summed E-state index contributed by atoms with van der Waals surface area (Å²) in [7, 11) is 0. The number of hydrogen-bond donors (Lipinski definition) is 1. The Bertz CT molecular complexity index is 151. The Morgan fingerprint density at radius 2 is 2.33 bits per heavy atom. The molecule has 0 bridgehead atoms. The Hall–Kier alpha value is -0.300. The fourth-order valence-corrected chi connectivity index (χ4v) is 1.94. The van der Waals surface area contributed by atoms with E-state index in [9.17, 15) is 5.11 Å². The molecule has 1 heteroatoms. The first-order valence-electron chi connectivity index (χ1n) is 5.11. The van der Waals surface area contributed by atoms with Gasteiger partial charge in [-0.05, 0) is 25.7 Å². The second-order valence-electron chi connectivity index (χ2n) is 3.92. The van der Waals surface area contributed by atoms with Crippen molar-refractivity contribution in [2.24, 2.45) is 5.41 Å². The Kier molecular flexibility index (Phi) is 3.80. The highest BCUT2D eigenvalue weighted by molar-refractivity contribution is 5.03. The van der Waals surface area contributed by atoms with Crippen LogP contribution in [0.3, 0.4) is 0 Å². The zero-order chi connectivity index (χ0) is 8.86. The number of unbranched alkanes of at least 4 members (excludes halogenated alkanes) is 1. The number of hydrogen-bond acceptors (Lipinski definition) is 1. The average molecular weight is 168 g/mol. The lowest BCUT2D eigenvalue weighted by molar-refractivity contribution is 0.140. The van der Waals surface area contributed by atoms with Crippen LogP contribution < -0.4 is 0 Å². The lowest BCUT2D eigenvalue weighted by Gasteiger charge is -2.31. The molecule has 1 atom stereocenters. The van der Waals surface area contributed by atoms with Gasteiger partial charge in [0.15, 0.2) is 0 Å². The summed E-state index contributed by atoms with van der Waals surface area (Å²) in [5.41, 5.74) is 0.147. The van der Waals surface area contributed by atoms with Crippen LogP contribution in [0.2, 0.25) is 0 Å². The number of aliphatic hydroxyl groups is 1. The summed E-state index contributed by atoms with van der Waals surface area (Å²) in [5.74, 6) is 0. The maximum atomic E-state index is 9.32. The molecule has 0 unspecified atom stereocenters. The SMILES string of the molecule is CCCC[C@]1(CO)C=CCCC1. The van der Waals surface area contributed by atoms with E-state index in [0.717, 1.165) is 6.42 Å². The van der Waals surface area contributed by atoms with Crippen LogP contribution in [0.4, 0.5) is 0 Å². The number of rotatable bonds is 4. The van der Waals surface area contributed by atoms with Gasteiger partial charge in [-0.2, -0.15) is 0 Å². The molecule has 70 valence electrons. The summed E-state index contributed by atoms with van der Waals surface area (Å²) in [6.45, 7) is 2.54. The standard InChI is InChI=1S/C11H20O/c1-2-3-7-11(10-12)8-5-4-6-9-11/h5,8,12H,2-4,6-7,9-10H2,1H3/t11-/m0/s1. The van der Waals surface area contributed by atoms with Crippen LogP contribution in [0.15, 0.2) is 12.2 Å². The molecule has 0 aliphatic heterocycles. The Labute approximate surface area is 75.5 Å². The van der Waals surface area contributed by atoms with Crippen molar-refractivity contribution in [2.75, 3.05) is 6.61 Å². The van der Waals surface area contributed by atoms with Gasteiger partial charge < -0.3 is 5.11 Å². The first-order valence-corrected chi connectivity index (χ1v) is 5.11. The molecule has 1 aliphatic carbocycles. The van der Waals surface area contributed by atoms with Gasteiger partial charge >= 0.3 is 0 Å². The second kappa shape index (κ2) is 4.66. The second-order valence-corrected chi connectivity index (χ2v) is 3.92. The van der Waals surface area contributed by atoms with Crippen LogP contribution in [0.1, 0.15) is 45.4 Å². The van der Waals surface area contributed by atoms with Gasteiger partial charge in [-0.3, -0.25) is 0 Å². The minimum Gasteiger partial charge on any atom is -0.395 e. The van der Waals surface area contributed by atoms with E-state index < -0.39 is 0 Å². The molecule has 0 radical (unpaired) electrons. The van der Waals surface area contributed by atoms with Crippen molar-refractivity contribution < 1.29 is 5.11 Å². The Morgan fingerprint density at radius 1 is 1.50 bits per heavy atom. The van der Waals surface area contributed by atoms with Gasteiger partial charge in [-0.25, -0.2) is 0 Å². The van der Waals surface area contributed by atoms with E-state index >= 15 is 0 Å². The van der Waals surface area contributed by atoms with Gasteiger partial charge in [0.2, 0.25) is 0 Å². The van der Waals surface area contributed by atoms with E-state index in [0.29, 0.717) is 6.61 Å². The van der Waals surface area contributed by atoms with Gasteiger partial charge in [-0.15, -0.1) is 0 Å². The lowest BCUT2D eigenvalue weighted by Crippen LogP contribution is -2.24. The summed E-state index contributed by atoms with van der Waals surface area (Å²) >= 11 is 0. The molecular formula is C11H20O. The van der Waals surface area contributed by atoms with Crippen LogP contribution in [0.25, 0.3) is 0 Å². The highest BCUT2D eigenvalue weighted by atomic mass is 16.3. The monoisotopic (exact) mass is 168 g/mol. The maximum Gasteiger partial charge on any atom is 0.0521 e. The summed E-state index contributed by atoms with van der Waals surface area (Å²) in [6.07, 6.45) is 11.7. The zero-order valence-electron chi connectivity index (χ0n) is 8.05. The summed E-state index contributed by atoms with van der Waals surface area (Å²) in [5, 5.41) is 9.32. The van der Waals surface area contributed by atoms with Gasteiger partial charge in [0.1, 0.15) is 0 Å². The van der Waals surface area contributed by atoms with E-state index in [1.54, 1.807) is 0 Å². The van der Waals surface area contributed by atoms with Crippen molar-refractivity contribution in [1.29, 1.82) is 0 Å². The molecular weight excluding hydrogens is 148 g/mol. The summed E-state index contributed by atoms with van der Waals surface area (Å²) in [4.78, 5) is 0. The van der Waals surface area contributed by atoms with E-state index in [4.69, 9.17) is 0 Å². The largest absolute Gasteiger partial charge is 0.395 e. The molecule has 0 saturated heterocycles. The Balaban J connectivity index is 2.48. The maximum absolute atomic E-state index is 9.32. The van der Waals surface area contributed by atoms with Crippen molar-refractivity contribution in [3.05, 3.63) is 12.2 Å². The van der Waals surface area contributed by atoms with Crippen molar-refractivity contribution >= 4 is 0 Å². The first-order chi connectivity index (χ1) is 5.83. The average Bonchev–Trinajstić information content (AvgIpc) is 2.16. The van der Waals surface area contributed by atoms with Crippen molar-refractivity contribution in [3.8, 4) is 0 Å². The third-order valence-corrected chi connectivity index (χ3v) is 2.86. The predicted molar refractivity (Wildman–Crippen MR) is 52.0 cm³/mol. The van der Waals surface area contributed by atoms with Crippen LogP contribution in [0, 0.1) is 5.41 Å². The van der Waals surface area contributed by atoms with Crippen LogP contribution in [0.5, 0.6) is 0 Å². The highest BCUT2D eigenvalue weighted by Crippen LogP contribution is 2.35. The lowest BCUT2D eigenvalue weighted by atomic mass is 9.76. The van der Waals surface area contributed by atoms with Crippen LogP contribution in [-0.2, 0) is 0 Å². The van der Waals surface area contributed by atoms with Crippen LogP contribution >= 0.6 is 0 Å². The topological polar surface area (TPSA) is 20.2 Å². The van der Waals surface area contributed by atoms with Gasteiger partial charge in [0, 0.05) is 5.41 Å². The quantitative estimate of drug-likeness (QED) is 0.640. The molecule has 0 amide bonds. The minimum atomic E-state index is 0.147. The van der Waals surface area contributed by atoms with E-state index in [1.165, 1.54) is 32.1 Å². The number of allylic oxidation sites excluding steroid dienone is 1. The smallest absolute Gasteiger partial charge is 0.0521 e. The van der Waals surface area contributed by atoms with Crippen molar-refractivity contribution in [3.63, 3.8) is 0 Å². The predicted octanol–water partition coefficient (Wildman–Crippen LogP) is 2.90. The fourth-order valence-electron chi connectivity index (χ4n) is 1.94. The molecule has 1 N–H and O–H groups in total. The molecule has 1 nitrogen and oxygen atoms in total. The van der Waals surface area contributed by atoms with Gasteiger partial charge in [0.25, 0.3) is 0 Å². The fraction of sp³-hybridized carbons (Fsp3) is 0.818. The van der Waals surface area contributed by atoms with Gasteiger partial charge in [0.05, 0.1) is 6.61 Å². The minimum absolute atomic E-state index is 0.147. The molecule has 0 saturated carbocycles. The normalized spacial score (nSPS) is 29.2. The highest BCUT2D eigenvalue weighted by Gasteiger charge is 2.26. The third kappa shape index (κ3) is 2.34. The van der Waals surface area contributed by atoms with E-state index in [-0.39, 0.29) is 5.41 Å². The zero-order valence-corrected chi connectivity index (χ0v) is 8.05. The molecule has 1 rings (SSSR count).